The topological polar surface area (TPSA) is 41.1 Å². The highest BCUT2D eigenvalue weighted by atomic mass is 16.1. The zero-order valence-electron chi connectivity index (χ0n) is 12.0. The molecule has 0 aromatic heterocycles. The van der Waals surface area contributed by atoms with Gasteiger partial charge < -0.3 is 10.6 Å². The fourth-order valence-corrected chi connectivity index (χ4v) is 3.46. The van der Waals surface area contributed by atoms with E-state index in [4.69, 9.17) is 0 Å². The van der Waals surface area contributed by atoms with Crippen molar-refractivity contribution in [1.29, 1.82) is 0 Å². The number of hydrogen-bond acceptors (Lipinski definition) is 2. The van der Waals surface area contributed by atoms with Crippen molar-refractivity contribution in [3.63, 3.8) is 0 Å². The Labute approximate surface area is 121 Å². The first kappa shape index (κ1) is 13.6. The molecule has 2 fully saturated rings. The number of hydrogen-bond donors (Lipinski definition) is 2. The molecule has 108 valence electrons. The molecule has 1 aromatic rings. The number of rotatable bonds is 5. The predicted octanol–water partition coefficient (Wildman–Crippen LogP) is 2.37. The van der Waals surface area contributed by atoms with Gasteiger partial charge in [-0.3, -0.25) is 4.79 Å². The first-order chi connectivity index (χ1) is 9.78. The van der Waals surface area contributed by atoms with E-state index in [1.165, 1.54) is 31.2 Å². The fraction of sp³-hybridized carbons (Fsp3) is 0.588. The number of carbonyl (C=O) groups is 1. The molecule has 0 bridgehead atoms. The van der Waals surface area contributed by atoms with Crippen LogP contribution in [0.4, 0.5) is 0 Å². The van der Waals surface area contributed by atoms with Crippen LogP contribution in [0.2, 0.25) is 0 Å². The first-order valence-corrected chi connectivity index (χ1v) is 7.84. The van der Waals surface area contributed by atoms with Crippen LogP contribution in [0.25, 0.3) is 0 Å². The number of nitrogens with one attached hydrogen (secondary N) is 2. The van der Waals surface area contributed by atoms with Gasteiger partial charge >= 0.3 is 0 Å². The van der Waals surface area contributed by atoms with Crippen molar-refractivity contribution in [3.8, 4) is 0 Å². The highest BCUT2D eigenvalue weighted by Gasteiger charge is 2.38. The minimum atomic E-state index is 0.194. The van der Waals surface area contributed by atoms with Crippen LogP contribution in [0.1, 0.15) is 44.1 Å². The van der Waals surface area contributed by atoms with Gasteiger partial charge in [0.1, 0.15) is 0 Å². The maximum atomic E-state index is 12.1. The lowest BCUT2D eigenvalue weighted by Gasteiger charge is -2.42. The highest BCUT2D eigenvalue weighted by Crippen LogP contribution is 2.43. The summed E-state index contributed by atoms with van der Waals surface area (Å²) in [4.78, 5) is 12.1. The Morgan fingerprint density at radius 1 is 1.25 bits per heavy atom. The normalized spacial score (nSPS) is 24.1. The standard InChI is InChI=1S/C17H24N2O/c20-16(12-15-8-4-11-18-15)19-13-17(9-5-10-17)14-6-2-1-3-7-14/h1-3,6-7,15,18H,4-5,8-13H2,(H,19,20). The Kier molecular flexibility index (Phi) is 4.06. The van der Waals surface area contributed by atoms with Gasteiger partial charge in [-0.25, -0.2) is 0 Å². The second-order valence-electron chi connectivity index (χ2n) is 6.27. The molecule has 20 heavy (non-hydrogen) atoms. The molecule has 1 unspecified atom stereocenters. The molecule has 1 aliphatic heterocycles. The molecule has 1 heterocycles. The van der Waals surface area contributed by atoms with Gasteiger partial charge in [-0.15, -0.1) is 0 Å². The van der Waals surface area contributed by atoms with E-state index in [-0.39, 0.29) is 11.3 Å². The number of amides is 1. The van der Waals surface area contributed by atoms with Crippen LogP contribution in [0.3, 0.4) is 0 Å². The summed E-state index contributed by atoms with van der Waals surface area (Å²) in [6, 6.07) is 11.0. The summed E-state index contributed by atoms with van der Waals surface area (Å²) in [5.74, 6) is 0.201. The Balaban J connectivity index is 1.54. The number of carbonyl (C=O) groups excluding carboxylic acids is 1. The van der Waals surface area contributed by atoms with E-state index in [0.717, 1.165) is 19.5 Å². The van der Waals surface area contributed by atoms with Gasteiger partial charge in [-0.2, -0.15) is 0 Å². The molecule has 3 rings (SSSR count). The van der Waals surface area contributed by atoms with Gasteiger partial charge in [0.15, 0.2) is 0 Å². The lowest BCUT2D eigenvalue weighted by atomic mass is 9.64. The third-order valence-corrected chi connectivity index (χ3v) is 4.91. The average Bonchev–Trinajstić information content (AvgIpc) is 2.91. The van der Waals surface area contributed by atoms with Crippen molar-refractivity contribution in [1.82, 2.24) is 10.6 Å². The molecule has 2 aliphatic rings. The van der Waals surface area contributed by atoms with Gasteiger partial charge in [-0.1, -0.05) is 36.8 Å². The zero-order valence-corrected chi connectivity index (χ0v) is 12.0. The fourth-order valence-electron chi connectivity index (χ4n) is 3.46. The van der Waals surface area contributed by atoms with Crippen LogP contribution >= 0.6 is 0 Å². The summed E-state index contributed by atoms with van der Waals surface area (Å²) < 4.78 is 0. The van der Waals surface area contributed by atoms with Gasteiger partial charge in [-0.05, 0) is 37.8 Å². The second kappa shape index (κ2) is 5.96. The number of benzene rings is 1. The van der Waals surface area contributed by atoms with Crippen LogP contribution in [-0.4, -0.2) is 25.0 Å². The van der Waals surface area contributed by atoms with E-state index in [2.05, 4.69) is 41.0 Å². The van der Waals surface area contributed by atoms with E-state index in [1.807, 2.05) is 0 Å². The van der Waals surface area contributed by atoms with Gasteiger partial charge in [0, 0.05) is 24.4 Å². The molecule has 1 aliphatic carbocycles. The summed E-state index contributed by atoms with van der Waals surface area (Å²) >= 11 is 0. The van der Waals surface area contributed by atoms with Crippen molar-refractivity contribution in [2.24, 2.45) is 0 Å². The summed E-state index contributed by atoms with van der Waals surface area (Å²) in [5, 5.41) is 6.56. The lowest BCUT2D eigenvalue weighted by Crippen LogP contribution is -2.46. The van der Waals surface area contributed by atoms with E-state index in [9.17, 15) is 4.79 Å². The van der Waals surface area contributed by atoms with Gasteiger partial charge in [0.2, 0.25) is 5.91 Å². The molecule has 0 radical (unpaired) electrons. The molecular weight excluding hydrogens is 248 g/mol. The SMILES string of the molecule is O=C(CC1CCCN1)NCC1(c2ccccc2)CCC1. The van der Waals surface area contributed by atoms with Crippen LogP contribution < -0.4 is 10.6 Å². The third kappa shape index (κ3) is 2.88. The summed E-state index contributed by atoms with van der Waals surface area (Å²) in [6.45, 7) is 1.86. The molecule has 2 N–H and O–H groups in total. The summed E-state index contributed by atoms with van der Waals surface area (Å²) in [5.41, 5.74) is 1.57. The molecule has 1 atom stereocenters. The van der Waals surface area contributed by atoms with Crippen LogP contribution in [0, 0.1) is 0 Å². The quantitative estimate of drug-likeness (QED) is 0.864. The van der Waals surface area contributed by atoms with Crippen LogP contribution in [-0.2, 0) is 10.2 Å². The molecule has 0 spiro atoms. The van der Waals surface area contributed by atoms with E-state index in [1.54, 1.807) is 0 Å². The van der Waals surface area contributed by atoms with Crippen molar-refractivity contribution in [2.45, 2.75) is 50.0 Å². The maximum absolute atomic E-state index is 12.1. The maximum Gasteiger partial charge on any atom is 0.221 e. The lowest BCUT2D eigenvalue weighted by molar-refractivity contribution is -0.122. The van der Waals surface area contributed by atoms with Crippen LogP contribution in [0.5, 0.6) is 0 Å². The van der Waals surface area contributed by atoms with Crippen molar-refractivity contribution >= 4 is 5.91 Å². The summed E-state index contributed by atoms with van der Waals surface area (Å²) in [6.07, 6.45) is 6.63. The third-order valence-electron chi connectivity index (χ3n) is 4.91. The van der Waals surface area contributed by atoms with Crippen molar-refractivity contribution < 1.29 is 4.79 Å². The highest BCUT2D eigenvalue weighted by molar-refractivity contribution is 5.76. The molecule has 1 saturated heterocycles. The van der Waals surface area contributed by atoms with E-state index in [0.29, 0.717) is 12.5 Å². The van der Waals surface area contributed by atoms with Crippen LogP contribution in [0.15, 0.2) is 30.3 Å². The Morgan fingerprint density at radius 2 is 2.05 bits per heavy atom. The Morgan fingerprint density at radius 3 is 2.65 bits per heavy atom. The zero-order chi connectivity index (χ0) is 13.8. The molecule has 3 nitrogen and oxygen atoms in total. The molecule has 1 saturated carbocycles. The van der Waals surface area contributed by atoms with E-state index >= 15 is 0 Å². The molecule has 1 amide bonds. The van der Waals surface area contributed by atoms with Gasteiger partial charge in [0.05, 0.1) is 0 Å². The monoisotopic (exact) mass is 272 g/mol. The van der Waals surface area contributed by atoms with E-state index < -0.39 is 0 Å². The van der Waals surface area contributed by atoms with Crippen molar-refractivity contribution in [2.75, 3.05) is 13.1 Å². The smallest absolute Gasteiger partial charge is 0.221 e. The first-order valence-electron chi connectivity index (χ1n) is 7.84. The van der Waals surface area contributed by atoms with Gasteiger partial charge in [0.25, 0.3) is 0 Å². The minimum Gasteiger partial charge on any atom is -0.355 e. The Bertz CT molecular complexity index is 447. The summed E-state index contributed by atoms with van der Waals surface area (Å²) in [7, 11) is 0. The molecular formula is C17H24N2O. The predicted molar refractivity (Wildman–Crippen MR) is 80.6 cm³/mol. The average molecular weight is 272 g/mol. The molecule has 3 heteroatoms. The minimum absolute atomic E-state index is 0.194. The van der Waals surface area contributed by atoms with Crippen molar-refractivity contribution in [3.05, 3.63) is 35.9 Å². The largest absolute Gasteiger partial charge is 0.355 e. The molecule has 1 aromatic carbocycles. The Hall–Kier alpha value is -1.35. The second-order valence-corrected chi connectivity index (χ2v) is 6.27.